The molecule has 2 heterocycles. The Bertz CT molecular complexity index is 389. The minimum absolute atomic E-state index is 0.148. The Balaban J connectivity index is 0.000000240. The molecule has 0 unspecified atom stereocenters. The monoisotopic (exact) mass is 297 g/mol. The summed E-state index contributed by atoms with van der Waals surface area (Å²) < 4.78 is 35.6. The van der Waals surface area contributed by atoms with Gasteiger partial charge in [-0.15, -0.1) is 17.7 Å². The molecule has 0 saturated carbocycles. The van der Waals surface area contributed by atoms with Crippen LogP contribution in [0.5, 0.6) is 0 Å². The number of amides is 3. The second-order valence-electron chi connectivity index (χ2n) is 4.70. The first-order valence-electron chi connectivity index (χ1n) is 6.19. The number of quaternary nitrogens is 1. The largest absolute Gasteiger partial charge is 0.571 e. The van der Waals surface area contributed by atoms with Gasteiger partial charge in [-0.2, -0.15) is 4.79 Å². The highest BCUT2D eigenvalue weighted by atomic mass is 19.4. The van der Waals surface area contributed by atoms with E-state index in [4.69, 9.17) is 5.11 Å². The van der Waals surface area contributed by atoms with Crippen LogP contribution in [0, 0.1) is 0 Å². The summed E-state index contributed by atoms with van der Waals surface area (Å²) in [6.45, 7) is -0.669. The first kappa shape index (κ1) is 16.4. The molecule has 0 aromatic heterocycles. The molecule has 2 fully saturated rings. The van der Waals surface area contributed by atoms with Gasteiger partial charge in [0.25, 0.3) is 0 Å². The second-order valence-corrected chi connectivity index (χ2v) is 4.70. The van der Waals surface area contributed by atoms with E-state index in [2.05, 4.69) is 5.32 Å². The number of carbonyl (C=O) groups is 3. The predicted molar refractivity (Wildman–Crippen MR) is 60.3 cm³/mol. The Kier molecular flexibility index (Phi) is 5.09. The highest BCUT2D eigenvalue weighted by Crippen LogP contribution is 2.34. The van der Waals surface area contributed by atoms with Gasteiger partial charge in [-0.1, -0.05) is 0 Å². The number of hydrogen-bond donors (Lipinski definition) is 2. The molecule has 6 nitrogen and oxygen atoms in total. The first-order valence-corrected chi connectivity index (χ1v) is 6.19. The van der Waals surface area contributed by atoms with Gasteiger partial charge in [-0.05, 0) is 19.3 Å². The van der Waals surface area contributed by atoms with Gasteiger partial charge in [0.1, 0.15) is 0 Å². The van der Waals surface area contributed by atoms with Gasteiger partial charge in [-0.3, -0.25) is 14.9 Å². The van der Waals surface area contributed by atoms with E-state index in [0.29, 0.717) is 32.1 Å². The molecule has 9 heteroatoms. The Hall–Kier alpha value is -1.64. The zero-order chi connectivity index (χ0) is 15.4. The summed E-state index contributed by atoms with van der Waals surface area (Å²) >= 11 is 0. The van der Waals surface area contributed by atoms with Gasteiger partial charge in [0, 0.05) is 12.8 Å². The summed E-state index contributed by atoms with van der Waals surface area (Å²) in [7, 11) is 0. The molecule has 114 valence electrons. The van der Waals surface area contributed by atoms with Gasteiger partial charge in [-0.25, -0.2) is 0 Å². The van der Waals surface area contributed by atoms with Gasteiger partial charge < -0.3 is 5.11 Å². The maximum atomic E-state index is 12.4. The average molecular weight is 297 g/mol. The Morgan fingerprint density at radius 1 is 1.05 bits per heavy atom. The van der Waals surface area contributed by atoms with E-state index in [9.17, 15) is 27.6 Å². The maximum Gasteiger partial charge on any atom is 0.571 e. The number of carboxylic acid groups (broad SMARTS) is 1. The SMILES string of the molecule is O=C(O)[N+]1(C(F)(F)F)CCCCC1.O=C1CCC(=O)N1. The zero-order valence-electron chi connectivity index (χ0n) is 10.7. The van der Waals surface area contributed by atoms with Crippen molar-refractivity contribution in [3.05, 3.63) is 0 Å². The first-order chi connectivity index (χ1) is 9.19. The van der Waals surface area contributed by atoms with Crippen molar-refractivity contribution in [1.82, 2.24) is 5.32 Å². The minimum atomic E-state index is -4.67. The number of nitrogens with one attached hydrogen (secondary N) is 1. The molecule has 0 radical (unpaired) electrons. The smallest absolute Gasteiger partial charge is 0.435 e. The van der Waals surface area contributed by atoms with E-state index in [0.717, 1.165) is 0 Å². The fraction of sp³-hybridized carbons (Fsp3) is 0.727. The Labute approximate surface area is 113 Å². The normalized spacial score (nSPS) is 21.8. The van der Waals surface area contributed by atoms with Crippen molar-refractivity contribution in [2.75, 3.05) is 13.1 Å². The van der Waals surface area contributed by atoms with Crippen molar-refractivity contribution in [1.29, 1.82) is 0 Å². The van der Waals surface area contributed by atoms with Gasteiger partial charge in [0.05, 0.1) is 13.1 Å². The van der Waals surface area contributed by atoms with Crippen LogP contribution in [0.1, 0.15) is 32.1 Å². The van der Waals surface area contributed by atoms with Crippen LogP contribution in [0.15, 0.2) is 0 Å². The fourth-order valence-electron chi connectivity index (χ4n) is 2.11. The molecule has 2 N–H and O–H groups in total. The van der Waals surface area contributed by atoms with Crippen molar-refractivity contribution in [2.45, 2.75) is 38.4 Å². The number of piperidine rings is 1. The van der Waals surface area contributed by atoms with Crippen LogP contribution in [-0.2, 0) is 9.59 Å². The maximum absolute atomic E-state index is 12.4. The molecular formula is C11H16F3N2O4+. The van der Waals surface area contributed by atoms with Crippen LogP contribution in [-0.4, -0.2) is 46.9 Å². The number of likely N-dealkylation sites (tertiary alicyclic amines) is 1. The molecular weight excluding hydrogens is 281 g/mol. The molecule has 20 heavy (non-hydrogen) atoms. The van der Waals surface area contributed by atoms with Crippen molar-refractivity contribution in [3.8, 4) is 0 Å². The van der Waals surface area contributed by atoms with Gasteiger partial charge >= 0.3 is 12.4 Å². The average Bonchev–Trinajstić information content (AvgIpc) is 2.73. The number of hydrogen-bond acceptors (Lipinski definition) is 3. The summed E-state index contributed by atoms with van der Waals surface area (Å²) in [5.74, 6) is -0.296. The molecule has 0 aromatic rings. The lowest BCUT2D eigenvalue weighted by atomic mass is 10.1. The highest BCUT2D eigenvalue weighted by molar-refractivity contribution is 6.01. The van der Waals surface area contributed by atoms with E-state index in [1.165, 1.54) is 0 Å². The van der Waals surface area contributed by atoms with Crippen molar-refractivity contribution >= 4 is 17.9 Å². The van der Waals surface area contributed by atoms with E-state index in [1.54, 1.807) is 0 Å². The topological polar surface area (TPSA) is 83.5 Å². The summed E-state index contributed by atoms with van der Waals surface area (Å²) in [4.78, 5) is 30.8. The third-order valence-electron chi connectivity index (χ3n) is 3.29. The summed E-state index contributed by atoms with van der Waals surface area (Å²) in [5.41, 5.74) is 0. The molecule has 0 aliphatic carbocycles. The molecule has 0 bridgehead atoms. The third-order valence-corrected chi connectivity index (χ3v) is 3.29. The molecule has 0 aromatic carbocycles. The molecule has 0 atom stereocenters. The molecule has 2 aliphatic rings. The zero-order valence-corrected chi connectivity index (χ0v) is 10.7. The minimum Gasteiger partial charge on any atom is -0.435 e. The lowest BCUT2D eigenvalue weighted by molar-refractivity contribution is -0.970. The van der Waals surface area contributed by atoms with Crippen molar-refractivity contribution < 1.29 is 37.1 Å². The number of rotatable bonds is 0. The number of alkyl halides is 3. The van der Waals surface area contributed by atoms with Crippen LogP contribution in [0.4, 0.5) is 18.0 Å². The Morgan fingerprint density at radius 2 is 1.50 bits per heavy atom. The van der Waals surface area contributed by atoms with Crippen LogP contribution >= 0.6 is 0 Å². The summed E-state index contributed by atoms with van der Waals surface area (Å²) in [5, 5.41) is 10.7. The van der Waals surface area contributed by atoms with Crippen molar-refractivity contribution in [2.24, 2.45) is 0 Å². The lowest BCUT2D eigenvalue weighted by Crippen LogP contribution is -2.63. The Morgan fingerprint density at radius 3 is 1.70 bits per heavy atom. The predicted octanol–water partition coefficient (Wildman–Crippen LogP) is 1.61. The van der Waals surface area contributed by atoms with E-state index in [1.807, 2.05) is 0 Å². The standard InChI is InChI=1S/C7H10F3NO2.C4H5NO2/c8-7(9,10)11(6(12)13)4-2-1-3-5-11;6-3-1-2-4(7)5-3/h1-5H2;1-2H2,(H,5,6,7)/p+1. The van der Waals surface area contributed by atoms with E-state index in [-0.39, 0.29) is 24.9 Å². The van der Waals surface area contributed by atoms with Crippen LogP contribution in [0.2, 0.25) is 0 Å². The van der Waals surface area contributed by atoms with Crippen LogP contribution < -0.4 is 5.32 Å². The van der Waals surface area contributed by atoms with E-state index < -0.39 is 16.9 Å². The van der Waals surface area contributed by atoms with E-state index >= 15 is 0 Å². The number of halogens is 3. The fourth-order valence-corrected chi connectivity index (χ4v) is 2.11. The lowest BCUT2D eigenvalue weighted by Gasteiger charge is -2.35. The van der Waals surface area contributed by atoms with Crippen LogP contribution in [0.3, 0.4) is 0 Å². The van der Waals surface area contributed by atoms with Crippen molar-refractivity contribution in [3.63, 3.8) is 0 Å². The molecule has 2 saturated heterocycles. The third kappa shape index (κ3) is 3.69. The molecule has 2 aliphatic heterocycles. The number of nitrogens with zero attached hydrogens (tertiary/aromatic N) is 1. The van der Waals surface area contributed by atoms with Gasteiger partial charge in [0.2, 0.25) is 11.8 Å². The van der Waals surface area contributed by atoms with Gasteiger partial charge in [0.15, 0.2) is 0 Å². The highest BCUT2D eigenvalue weighted by Gasteiger charge is 2.61. The van der Waals surface area contributed by atoms with Crippen LogP contribution in [0.25, 0.3) is 0 Å². The second kappa shape index (κ2) is 6.21. The quantitative estimate of drug-likeness (QED) is 0.404. The molecule has 3 amide bonds. The summed E-state index contributed by atoms with van der Waals surface area (Å²) in [6, 6.07) is 0. The summed E-state index contributed by atoms with van der Waals surface area (Å²) in [6.07, 6.45) is -4.38. The molecule has 2 rings (SSSR count). The number of carbonyl (C=O) groups excluding carboxylic acids is 2. The molecule has 0 spiro atoms. The number of imide groups is 1.